The first-order valence-electron chi connectivity index (χ1n) is 10.5. The summed E-state index contributed by atoms with van der Waals surface area (Å²) in [7, 11) is 1.37. The van der Waals surface area contributed by atoms with E-state index in [1.165, 1.54) is 26.4 Å². The monoisotopic (exact) mass is 447 g/mol. The average molecular weight is 448 g/mol. The molecule has 0 amide bonds. The van der Waals surface area contributed by atoms with Gasteiger partial charge in [-0.15, -0.1) is 0 Å². The lowest BCUT2D eigenvalue weighted by molar-refractivity contribution is 0.0594. The van der Waals surface area contributed by atoms with Gasteiger partial charge in [0.1, 0.15) is 0 Å². The Bertz CT molecular complexity index is 971. The Kier molecular flexibility index (Phi) is 5.95. The quantitative estimate of drug-likeness (QED) is 0.543. The summed E-state index contributed by atoms with van der Waals surface area (Å²) in [5, 5.41) is 0.835. The van der Waals surface area contributed by atoms with Crippen molar-refractivity contribution < 1.29 is 9.53 Å². The molecule has 30 heavy (non-hydrogen) atoms. The Morgan fingerprint density at radius 3 is 2.57 bits per heavy atom. The number of hydrogen-bond donors (Lipinski definition) is 0. The van der Waals surface area contributed by atoms with Gasteiger partial charge in [-0.3, -0.25) is 0 Å². The van der Waals surface area contributed by atoms with Crippen molar-refractivity contribution in [1.29, 1.82) is 0 Å². The number of aryl methyl sites for hydroxylation is 1. The number of hydrogen-bond acceptors (Lipinski definition) is 5. The van der Waals surface area contributed by atoms with Crippen LogP contribution in [0.2, 0.25) is 10.0 Å². The van der Waals surface area contributed by atoms with Gasteiger partial charge in [-0.05, 0) is 43.6 Å². The number of benzene rings is 1. The highest BCUT2D eigenvalue weighted by Gasteiger charge is 2.43. The molecular formula is C23H27Cl2N3O2. The zero-order valence-corrected chi connectivity index (χ0v) is 19.2. The highest BCUT2D eigenvalue weighted by atomic mass is 35.5. The number of piperidine rings is 1. The summed E-state index contributed by atoms with van der Waals surface area (Å²) < 4.78 is 5.04. The summed E-state index contributed by atoms with van der Waals surface area (Å²) in [6.45, 7) is 6.02. The Hall–Kier alpha value is -1.85. The summed E-state index contributed by atoms with van der Waals surface area (Å²) in [6, 6.07) is 5.36. The molecule has 1 atom stereocenters. The first kappa shape index (κ1) is 21.4. The Labute approximate surface area is 187 Å². The molecule has 1 aromatic carbocycles. The van der Waals surface area contributed by atoms with E-state index in [0.717, 1.165) is 31.8 Å². The maximum absolute atomic E-state index is 12.6. The SMILES string of the molecule is COC(=O)c1nc(-c2cccc(Cl)c2Cl)c(C)nc1N1CCC2(CCC[C@H]2C)CC1. The Balaban J connectivity index is 1.71. The molecule has 0 N–H and O–H groups in total. The van der Waals surface area contributed by atoms with Crippen LogP contribution in [0.1, 0.15) is 55.2 Å². The molecule has 1 saturated carbocycles. The van der Waals surface area contributed by atoms with Crippen LogP contribution in [0.5, 0.6) is 0 Å². The molecule has 7 heteroatoms. The van der Waals surface area contributed by atoms with Crippen molar-refractivity contribution in [2.45, 2.75) is 46.0 Å². The molecule has 0 unspecified atom stereocenters. The molecule has 2 fully saturated rings. The summed E-state index contributed by atoms with van der Waals surface area (Å²) in [5.74, 6) is 0.869. The number of nitrogens with zero attached hydrogens (tertiary/aromatic N) is 3. The van der Waals surface area contributed by atoms with Crippen molar-refractivity contribution in [1.82, 2.24) is 9.97 Å². The van der Waals surface area contributed by atoms with Gasteiger partial charge in [0, 0.05) is 18.7 Å². The highest BCUT2D eigenvalue weighted by Crippen LogP contribution is 2.50. The third kappa shape index (κ3) is 3.67. The molecular weight excluding hydrogens is 421 g/mol. The molecule has 1 aliphatic carbocycles. The number of ether oxygens (including phenoxy) is 1. The fourth-order valence-corrected chi connectivity index (χ4v) is 5.51. The maximum Gasteiger partial charge on any atom is 0.360 e. The molecule has 1 aromatic heterocycles. The molecule has 2 heterocycles. The summed E-state index contributed by atoms with van der Waals surface area (Å²) in [5.41, 5.74) is 2.58. The van der Waals surface area contributed by atoms with E-state index in [4.69, 9.17) is 32.9 Å². The van der Waals surface area contributed by atoms with E-state index in [2.05, 4.69) is 16.8 Å². The number of carbonyl (C=O) groups excluding carboxylic acids is 1. The minimum Gasteiger partial charge on any atom is -0.464 e. The number of carbonyl (C=O) groups is 1. The first-order valence-corrected chi connectivity index (χ1v) is 11.3. The van der Waals surface area contributed by atoms with Gasteiger partial charge in [0.2, 0.25) is 0 Å². The van der Waals surface area contributed by atoms with E-state index in [1.807, 2.05) is 19.1 Å². The van der Waals surface area contributed by atoms with Gasteiger partial charge in [0.05, 0.1) is 28.5 Å². The van der Waals surface area contributed by atoms with E-state index in [9.17, 15) is 4.79 Å². The van der Waals surface area contributed by atoms with Gasteiger partial charge in [-0.1, -0.05) is 55.1 Å². The standard InChI is InChI=1S/C23H27Cl2N3O2/c1-14-6-5-9-23(14)10-12-28(13-11-23)21-20(22(29)30-3)27-19(15(2)26-21)16-7-4-8-17(24)18(16)25/h4,7-8,14H,5-6,9-13H2,1-3H3/t14-/m1/s1. The molecule has 160 valence electrons. The lowest BCUT2D eigenvalue weighted by atomic mass is 9.71. The van der Waals surface area contributed by atoms with Crippen LogP contribution in [0.25, 0.3) is 11.3 Å². The van der Waals surface area contributed by atoms with Crippen molar-refractivity contribution in [3.8, 4) is 11.3 Å². The molecule has 4 rings (SSSR count). The zero-order valence-electron chi connectivity index (χ0n) is 17.7. The number of methoxy groups -OCH3 is 1. The van der Waals surface area contributed by atoms with Crippen molar-refractivity contribution in [2.24, 2.45) is 11.3 Å². The second-order valence-electron chi connectivity index (χ2n) is 8.57. The highest BCUT2D eigenvalue weighted by molar-refractivity contribution is 6.43. The lowest BCUT2D eigenvalue weighted by Crippen LogP contribution is -2.42. The lowest BCUT2D eigenvalue weighted by Gasteiger charge is -2.43. The second-order valence-corrected chi connectivity index (χ2v) is 9.35. The zero-order chi connectivity index (χ0) is 21.5. The number of esters is 1. The van der Waals surface area contributed by atoms with Crippen LogP contribution in [0, 0.1) is 18.3 Å². The van der Waals surface area contributed by atoms with Crippen LogP contribution in [-0.2, 0) is 4.74 Å². The predicted octanol–water partition coefficient (Wildman–Crippen LogP) is 5.95. The van der Waals surface area contributed by atoms with E-state index >= 15 is 0 Å². The predicted molar refractivity (Wildman–Crippen MR) is 120 cm³/mol. The van der Waals surface area contributed by atoms with Crippen molar-refractivity contribution in [3.63, 3.8) is 0 Å². The number of anilines is 1. The van der Waals surface area contributed by atoms with Crippen molar-refractivity contribution in [2.75, 3.05) is 25.1 Å². The van der Waals surface area contributed by atoms with Crippen LogP contribution in [-0.4, -0.2) is 36.1 Å². The average Bonchev–Trinajstić information content (AvgIpc) is 3.10. The molecule has 1 spiro atoms. The van der Waals surface area contributed by atoms with Crippen LogP contribution in [0.3, 0.4) is 0 Å². The van der Waals surface area contributed by atoms with Crippen LogP contribution < -0.4 is 4.90 Å². The van der Waals surface area contributed by atoms with E-state index in [-0.39, 0.29) is 5.69 Å². The normalized spacial score (nSPS) is 20.6. The number of aromatic nitrogens is 2. The summed E-state index contributed by atoms with van der Waals surface area (Å²) in [4.78, 5) is 24.3. The number of rotatable bonds is 3. The second kappa shape index (κ2) is 8.35. The largest absolute Gasteiger partial charge is 0.464 e. The molecule has 1 saturated heterocycles. The molecule has 1 aliphatic heterocycles. The van der Waals surface area contributed by atoms with E-state index in [1.54, 1.807) is 6.07 Å². The van der Waals surface area contributed by atoms with Gasteiger partial charge in [0.15, 0.2) is 11.5 Å². The minimum atomic E-state index is -0.494. The van der Waals surface area contributed by atoms with Crippen molar-refractivity contribution >= 4 is 35.0 Å². The van der Waals surface area contributed by atoms with Crippen LogP contribution >= 0.6 is 23.2 Å². The van der Waals surface area contributed by atoms with Gasteiger partial charge < -0.3 is 9.64 Å². The molecule has 0 bridgehead atoms. The smallest absolute Gasteiger partial charge is 0.360 e. The topological polar surface area (TPSA) is 55.3 Å². The van der Waals surface area contributed by atoms with Crippen LogP contribution in [0.4, 0.5) is 5.82 Å². The van der Waals surface area contributed by atoms with E-state index < -0.39 is 5.97 Å². The van der Waals surface area contributed by atoms with E-state index in [0.29, 0.717) is 38.2 Å². The third-order valence-corrected chi connectivity index (χ3v) is 7.87. The molecule has 0 radical (unpaired) electrons. The Morgan fingerprint density at radius 1 is 1.20 bits per heavy atom. The van der Waals surface area contributed by atoms with Gasteiger partial charge in [-0.2, -0.15) is 0 Å². The van der Waals surface area contributed by atoms with Crippen LogP contribution in [0.15, 0.2) is 18.2 Å². The summed E-state index contributed by atoms with van der Waals surface area (Å²) in [6.07, 6.45) is 6.20. The molecule has 2 aliphatic rings. The maximum atomic E-state index is 12.6. The van der Waals surface area contributed by atoms with Gasteiger partial charge >= 0.3 is 5.97 Å². The number of halogens is 2. The van der Waals surface area contributed by atoms with Gasteiger partial charge in [0.25, 0.3) is 0 Å². The van der Waals surface area contributed by atoms with Crippen molar-refractivity contribution in [3.05, 3.63) is 39.6 Å². The minimum absolute atomic E-state index is 0.226. The first-order chi connectivity index (χ1) is 14.4. The molecule has 5 nitrogen and oxygen atoms in total. The molecule has 2 aromatic rings. The van der Waals surface area contributed by atoms with Gasteiger partial charge in [-0.25, -0.2) is 14.8 Å². The fraction of sp³-hybridized carbons (Fsp3) is 0.522. The summed E-state index contributed by atoms with van der Waals surface area (Å²) >= 11 is 12.6. The Morgan fingerprint density at radius 2 is 1.93 bits per heavy atom. The third-order valence-electron chi connectivity index (χ3n) is 7.05. The fourth-order valence-electron chi connectivity index (χ4n) is 5.12.